The second kappa shape index (κ2) is 12.9. The van der Waals surface area contributed by atoms with Gasteiger partial charge in [0.15, 0.2) is 19.1 Å². The zero-order valence-electron chi connectivity index (χ0n) is 12.4. The lowest BCUT2D eigenvalue weighted by molar-refractivity contribution is -0.937. The van der Waals surface area contributed by atoms with Gasteiger partial charge in [0.2, 0.25) is 0 Å². The fourth-order valence-electron chi connectivity index (χ4n) is 2.43. The number of nitrogens with two attached hydrogens (primary N) is 2. The summed E-state index contributed by atoms with van der Waals surface area (Å²) < 4.78 is 6.81. The van der Waals surface area contributed by atoms with E-state index in [2.05, 4.69) is 32.2 Å². The molecule has 0 aromatic heterocycles. The lowest BCUT2D eigenvalue weighted by atomic mass is 10.2. The van der Waals surface area contributed by atoms with Gasteiger partial charge in [0.25, 0.3) is 0 Å². The van der Waals surface area contributed by atoms with Crippen LogP contribution in [-0.4, -0.2) is 37.5 Å². The van der Waals surface area contributed by atoms with Crippen LogP contribution in [-0.2, 0) is 4.74 Å². The van der Waals surface area contributed by atoms with Crippen LogP contribution in [0.1, 0.15) is 33.6 Å². The van der Waals surface area contributed by atoms with Gasteiger partial charge in [-0.15, -0.1) is 0 Å². The molecule has 19 heavy (non-hydrogen) atoms. The third-order valence-electron chi connectivity index (χ3n) is 2.84. The molecule has 6 nitrogen and oxygen atoms in total. The van der Waals surface area contributed by atoms with E-state index in [-0.39, 0.29) is 0 Å². The summed E-state index contributed by atoms with van der Waals surface area (Å²) in [6.45, 7) is 12.5. The van der Waals surface area contributed by atoms with Gasteiger partial charge in [0, 0.05) is 25.4 Å². The van der Waals surface area contributed by atoms with Gasteiger partial charge in [-0.25, -0.2) is 0 Å². The molecule has 1 heterocycles. The molecule has 0 spiro atoms. The van der Waals surface area contributed by atoms with E-state index in [1.54, 1.807) is 0 Å². The molecule has 0 atom stereocenters. The van der Waals surface area contributed by atoms with Gasteiger partial charge in [-0.2, -0.15) is 10.5 Å². The number of hydrogen-bond donors (Lipinski definition) is 2. The fourth-order valence-corrected chi connectivity index (χ4v) is 2.43. The molecule has 0 bridgehead atoms. The van der Waals surface area contributed by atoms with Crippen molar-refractivity contribution >= 4 is 0 Å². The SMILES string of the molecule is CCOC[N+]1(CC(C)C)CCCC1.N#CN.N#CN. The van der Waals surface area contributed by atoms with E-state index in [0.717, 1.165) is 19.3 Å². The minimum Gasteiger partial charge on any atom is -0.337 e. The number of nitriles is 2. The summed E-state index contributed by atoms with van der Waals surface area (Å²) in [5, 5.41) is 14.2. The standard InChI is InChI=1S/C11H24NO.2CH2N2/c1-4-13-10-12(9-11(2)3)7-5-6-8-12;2*2-1-3/h11H,4-10H2,1-3H3;2*2H2/q+1;;. The molecule has 0 aromatic carbocycles. The van der Waals surface area contributed by atoms with E-state index >= 15 is 0 Å². The number of likely N-dealkylation sites (tertiary alicyclic amines) is 1. The molecule has 1 aliphatic rings. The van der Waals surface area contributed by atoms with Crippen molar-refractivity contribution < 1.29 is 9.22 Å². The molecule has 1 aliphatic heterocycles. The monoisotopic (exact) mass is 270 g/mol. The van der Waals surface area contributed by atoms with Crippen LogP contribution in [0, 0.1) is 28.8 Å². The predicted octanol–water partition coefficient (Wildman–Crippen LogP) is 1.10. The number of rotatable bonds is 5. The van der Waals surface area contributed by atoms with E-state index in [9.17, 15) is 0 Å². The van der Waals surface area contributed by atoms with Gasteiger partial charge in [-0.1, -0.05) is 13.8 Å². The van der Waals surface area contributed by atoms with E-state index in [4.69, 9.17) is 15.3 Å². The van der Waals surface area contributed by atoms with Gasteiger partial charge in [0.05, 0.1) is 19.6 Å². The summed E-state index contributed by atoms with van der Waals surface area (Å²) >= 11 is 0. The molecule has 4 N–H and O–H groups in total. The average Bonchev–Trinajstić information content (AvgIpc) is 2.77. The Labute approximate surface area is 117 Å². The smallest absolute Gasteiger partial charge is 0.183 e. The van der Waals surface area contributed by atoms with Crippen molar-refractivity contribution in [2.45, 2.75) is 33.6 Å². The van der Waals surface area contributed by atoms with Gasteiger partial charge in [0.1, 0.15) is 0 Å². The van der Waals surface area contributed by atoms with Gasteiger partial charge < -0.3 is 20.7 Å². The zero-order valence-corrected chi connectivity index (χ0v) is 12.4. The van der Waals surface area contributed by atoms with Crippen molar-refractivity contribution in [2.75, 3.05) is 33.0 Å². The first-order valence-electron chi connectivity index (χ1n) is 6.64. The predicted molar refractivity (Wildman–Crippen MR) is 75.0 cm³/mol. The van der Waals surface area contributed by atoms with Crippen molar-refractivity contribution in [1.82, 2.24) is 0 Å². The van der Waals surface area contributed by atoms with Gasteiger partial charge >= 0.3 is 0 Å². The highest BCUT2D eigenvalue weighted by Crippen LogP contribution is 2.21. The van der Waals surface area contributed by atoms with Crippen LogP contribution in [0.25, 0.3) is 0 Å². The van der Waals surface area contributed by atoms with Crippen molar-refractivity contribution in [3.8, 4) is 12.4 Å². The van der Waals surface area contributed by atoms with Crippen LogP contribution >= 0.6 is 0 Å². The maximum absolute atomic E-state index is 7.10. The number of quaternary nitrogens is 1. The van der Waals surface area contributed by atoms with Crippen LogP contribution in [0.3, 0.4) is 0 Å². The molecule has 0 radical (unpaired) electrons. The molecule has 0 amide bonds. The maximum Gasteiger partial charge on any atom is 0.183 e. The quantitative estimate of drug-likeness (QED) is 0.441. The molecule has 0 aromatic rings. The molecule has 0 saturated carbocycles. The molecular weight excluding hydrogens is 242 g/mol. The van der Waals surface area contributed by atoms with Gasteiger partial charge in [-0.3, -0.25) is 0 Å². The van der Waals surface area contributed by atoms with E-state index in [0.29, 0.717) is 0 Å². The van der Waals surface area contributed by atoms with E-state index < -0.39 is 0 Å². The molecule has 6 heteroatoms. The van der Waals surface area contributed by atoms with Crippen molar-refractivity contribution in [3.63, 3.8) is 0 Å². The minimum atomic E-state index is 0.790. The molecule has 0 aliphatic carbocycles. The summed E-state index contributed by atoms with van der Waals surface area (Å²) in [7, 11) is 0. The van der Waals surface area contributed by atoms with E-state index in [1.165, 1.54) is 49.3 Å². The first kappa shape index (κ1) is 19.8. The lowest BCUT2D eigenvalue weighted by Crippen LogP contribution is -2.49. The highest BCUT2D eigenvalue weighted by molar-refractivity contribution is 4.54. The summed E-state index contributed by atoms with van der Waals surface area (Å²) in [6, 6.07) is 0. The van der Waals surface area contributed by atoms with Crippen LogP contribution in [0.5, 0.6) is 0 Å². The first-order chi connectivity index (χ1) is 9.01. The van der Waals surface area contributed by atoms with Crippen LogP contribution in [0.4, 0.5) is 0 Å². The van der Waals surface area contributed by atoms with Crippen molar-refractivity contribution in [2.24, 2.45) is 17.4 Å². The second-order valence-corrected chi connectivity index (χ2v) is 4.95. The average molecular weight is 270 g/mol. The molecule has 0 unspecified atom stereocenters. The number of nitrogens with zero attached hydrogens (tertiary/aromatic N) is 3. The maximum atomic E-state index is 7.10. The Hall–Kier alpha value is -1.50. The molecule has 110 valence electrons. The Morgan fingerprint density at radius 1 is 1.16 bits per heavy atom. The summed E-state index contributed by atoms with van der Waals surface area (Å²) in [5.74, 6) is 0.790. The topological polar surface area (TPSA) is 109 Å². The number of hydrogen-bond acceptors (Lipinski definition) is 5. The number of ether oxygens (including phenoxy) is 1. The zero-order chi connectivity index (χ0) is 15.1. The summed E-state index contributed by atoms with van der Waals surface area (Å²) in [6.07, 6.45) is 5.28. The van der Waals surface area contributed by atoms with Crippen molar-refractivity contribution in [3.05, 3.63) is 0 Å². The molecular formula is C13H28N5O+. The van der Waals surface area contributed by atoms with Crippen LogP contribution in [0.15, 0.2) is 0 Å². The second-order valence-electron chi connectivity index (χ2n) is 4.95. The minimum absolute atomic E-state index is 0.790. The molecule has 1 saturated heterocycles. The van der Waals surface area contributed by atoms with Crippen molar-refractivity contribution in [1.29, 1.82) is 10.5 Å². The highest BCUT2D eigenvalue weighted by atomic mass is 16.5. The van der Waals surface area contributed by atoms with Crippen LogP contribution < -0.4 is 11.5 Å². The normalized spacial score (nSPS) is 15.3. The Morgan fingerprint density at radius 2 is 1.58 bits per heavy atom. The Bertz CT molecular complexity index is 262. The van der Waals surface area contributed by atoms with E-state index in [1.807, 2.05) is 0 Å². The lowest BCUT2D eigenvalue weighted by Gasteiger charge is -2.35. The van der Waals surface area contributed by atoms with Gasteiger partial charge in [-0.05, 0) is 6.92 Å². The largest absolute Gasteiger partial charge is 0.337 e. The third-order valence-corrected chi connectivity index (χ3v) is 2.84. The Balaban J connectivity index is 0. The molecule has 1 rings (SSSR count). The first-order valence-corrected chi connectivity index (χ1v) is 6.64. The molecule has 1 fully saturated rings. The van der Waals surface area contributed by atoms with Crippen LogP contribution in [0.2, 0.25) is 0 Å². The third kappa shape index (κ3) is 11.3. The Morgan fingerprint density at radius 3 is 1.89 bits per heavy atom. The Kier molecular flexibility index (Phi) is 13.5. The summed E-state index contributed by atoms with van der Waals surface area (Å²) in [4.78, 5) is 0. The highest BCUT2D eigenvalue weighted by Gasteiger charge is 2.32. The summed E-state index contributed by atoms with van der Waals surface area (Å²) in [5.41, 5.74) is 8.31. The fraction of sp³-hybridized carbons (Fsp3) is 0.846.